The summed E-state index contributed by atoms with van der Waals surface area (Å²) in [5, 5.41) is 4.09. The van der Waals surface area contributed by atoms with Crippen molar-refractivity contribution < 1.29 is 9.32 Å². The largest absolute Gasteiger partial charge is 0.360 e. The van der Waals surface area contributed by atoms with Gasteiger partial charge in [0.1, 0.15) is 11.6 Å². The van der Waals surface area contributed by atoms with E-state index >= 15 is 0 Å². The summed E-state index contributed by atoms with van der Waals surface area (Å²) in [5.41, 5.74) is 2.64. The Bertz CT molecular complexity index is 718. The molecule has 2 aliphatic rings. The maximum Gasteiger partial charge on any atom is 0.276 e. The zero-order chi connectivity index (χ0) is 15.8. The molecule has 1 N–H and O–H groups in total. The standard InChI is InChI=1S/C17H22N4O2/c1-11-9-18-16(19-11)12-5-4-8-21(10-12)17(22)15-13-6-2-3-7-14(13)23-20-15/h9,12H,2-8,10H2,1H3,(H,18,19). The fourth-order valence-corrected chi connectivity index (χ4v) is 3.73. The first-order chi connectivity index (χ1) is 11.2. The molecule has 6 heteroatoms. The molecule has 0 bridgehead atoms. The van der Waals surface area contributed by atoms with E-state index in [1.807, 2.05) is 18.0 Å². The molecule has 4 rings (SSSR count). The predicted molar refractivity (Wildman–Crippen MR) is 84.3 cm³/mol. The van der Waals surface area contributed by atoms with Gasteiger partial charge in [-0.25, -0.2) is 4.98 Å². The number of H-pyrrole nitrogens is 1. The molecule has 1 aliphatic carbocycles. The topological polar surface area (TPSA) is 75.0 Å². The number of fused-ring (bicyclic) bond motifs is 1. The van der Waals surface area contributed by atoms with E-state index in [1.165, 1.54) is 0 Å². The highest BCUT2D eigenvalue weighted by Gasteiger charge is 2.31. The van der Waals surface area contributed by atoms with Gasteiger partial charge in [-0.05, 0) is 39.0 Å². The molecular formula is C17H22N4O2. The second-order valence-electron chi connectivity index (χ2n) is 6.68. The minimum absolute atomic E-state index is 0.0184. The number of aromatic amines is 1. The number of rotatable bonds is 2. The van der Waals surface area contributed by atoms with Crippen molar-refractivity contribution in [1.29, 1.82) is 0 Å². The Kier molecular flexibility index (Phi) is 3.67. The summed E-state index contributed by atoms with van der Waals surface area (Å²) in [6, 6.07) is 0. The first-order valence-electron chi connectivity index (χ1n) is 8.50. The molecule has 0 aromatic carbocycles. The quantitative estimate of drug-likeness (QED) is 0.924. The molecule has 1 atom stereocenters. The number of carbonyl (C=O) groups is 1. The van der Waals surface area contributed by atoms with Crippen LogP contribution in [0.5, 0.6) is 0 Å². The van der Waals surface area contributed by atoms with Crippen LogP contribution < -0.4 is 0 Å². The number of likely N-dealkylation sites (tertiary alicyclic amines) is 1. The van der Waals surface area contributed by atoms with Gasteiger partial charge in [-0.15, -0.1) is 0 Å². The molecule has 0 spiro atoms. The maximum absolute atomic E-state index is 12.9. The first-order valence-corrected chi connectivity index (χ1v) is 8.50. The van der Waals surface area contributed by atoms with Crippen LogP contribution in [0.1, 0.15) is 64.9 Å². The first kappa shape index (κ1) is 14.5. The van der Waals surface area contributed by atoms with Gasteiger partial charge in [0.05, 0.1) is 0 Å². The average Bonchev–Trinajstić information content (AvgIpc) is 3.20. The lowest BCUT2D eigenvalue weighted by atomic mass is 9.94. The van der Waals surface area contributed by atoms with Crippen LogP contribution in [0.3, 0.4) is 0 Å². The van der Waals surface area contributed by atoms with Crippen LogP contribution in [0, 0.1) is 6.92 Å². The molecule has 3 heterocycles. The zero-order valence-corrected chi connectivity index (χ0v) is 13.5. The normalized spacial score (nSPS) is 21.3. The Balaban J connectivity index is 1.53. The van der Waals surface area contributed by atoms with Crippen molar-refractivity contribution in [2.75, 3.05) is 13.1 Å². The van der Waals surface area contributed by atoms with Crippen LogP contribution in [0.4, 0.5) is 0 Å². The summed E-state index contributed by atoms with van der Waals surface area (Å²) >= 11 is 0. The number of nitrogens with one attached hydrogen (secondary N) is 1. The van der Waals surface area contributed by atoms with Gasteiger partial charge in [-0.3, -0.25) is 4.79 Å². The van der Waals surface area contributed by atoms with E-state index in [-0.39, 0.29) is 11.8 Å². The smallest absolute Gasteiger partial charge is 0.276 e. The molecule has 1 aliphatic heterocycles. The van der Waals surface area contributed by atoms with Gasteiger partial charge in [0.25, 0.3) is 5.91 Å². The van der Waals surface area contributed by atoms with Crippen molar-refractivity contribution in [3.8, 4) is 0 Å². The Labute approximate surface area is 135 Å². The van der Waals surface area contributed by atoms with E-state index < -0.39 is 0 Å². The molecule has 122 valence electrons. The van der Waals surface area contributed by atoms with Crippen LogP contribution >= 0.6 is 0 Å². The summed E-state index contributed by atoms with van der Waals surface area (Å²) in [6.45, 7) is 3.49. The zero-order valence-electron chi connectivity index (χ0n) is 13.5. The molecule has 23 heavy (non-hydrogen) atoms. The number of hydrogen-bond donors (Lipinski definition) is 1. The molecule has 6 nitrogen and oxygen atoms in total. The Morgan fingerprint density at radius 3 is 3.04 bits per heavy atom. The lowest BCUT2D eigenvalue weighted by molar-refractivity contribution is 0.0693. The number of nitrogens with zero attached hydrogens (tertiary/aromatic N) is 3. The average molecular weight is 314 g/mol. The third kappa shape index (κ3) is 2.66. The second kappa shape index (κ2) is 5.83. The van der Waals surface area contributed by atoms with Gasteiger partial charge in [0, 0.05) is 42.9 Å². The molecule has 0 saturated carbocycles. The van der Waals surface area contributed by atoms with Crippen LogP contribution in [0.15, 0.2) is 10.7 Å². The second-order valence-corrected chi connectivity index (χ2v) is 6.68. The van der Waals surface area contributed by atoms with Crippen molar-refractivity contribution in [3.05, 3.63) is 34.7 Å². The van der Waals surface area contributed by atoms with Crippen LogP contribution in [0.2, 0.25) is 0 Å². The summed E-state index contributed by atoms with van der Waals surface area (Å²) in [7, 11) is 0. The number of hydrogen-bond acceptors (Lipinski definition) is 4. The molecule has 2 aromatic heterocycles. The van der Waals surface area contributed by atoms with E-state index in [4.69, 9.17) is 4.52 Å². The molecule has 1 fully saturated rings. The van der Waals surface area contributed by atoms with Crippen molar-refractivity contribution in [3.63, 3.8) is 0 Å². The molecular weight excluding hydrogens is 292 g/mol. The highest BCUT2D eigenvalue weighted by Crippen LogP contribution is 2.29. The van der Waals surface area contributed by atoms with Gasteiger partial charge in [-0.1, -0.05) is 5.16 Å². The summed E-state index contributed by atoms with van der Waals surface area (Å²) in [6.07, 6.45) is 7.97. The van der Waals surface area contributed by atoms with Crippen molar-refractivity contribution in [2.45, 2.75) is 51.4 Å². The van der Waals surface area contributed by atoms with Gasteiger partial charge in [0.15, 0.2) is 5.69 Å². The predicted octanol–water partition coefficient (Wildman–Crippen LogP) is 2.60. The Morgan fingerprint density at radius 1 is 1.35 bits per heavy atom. The van der Waals surface area contributed by atoms with Crippen LogP contribution in [-0.4, -0.2) is 39.0 Å². The van der Waals surface area contributed by atoms with Gasteiger partial charge in [-0.2, -0.15) is 0 Å². The Morgan fingerprint density at radius 2 is 2.22 bits per heavy atom. The molecule has 1 amide bonds. The highest BCUT2D eigenvalue weighted by molar-refractivity contribution is 5.94. The fraction of sp³-hybridized carbons (Fsp3) is 0.588. The van der Waals surface area contributed by atoms with Crippen molar-refractivity contribution in [2.24, 2.45) is 0 Å². The molecule has 1 saturated heterocycles. The number of carbonyl (C=O) groups excluding carboxylic acids is 1. The van der Waals surface area contributed by atoms with E-state index in [0.717, 1.165) is 67.9 Å². The maximum atomic E-state index is 12.9. The summed E-state index contributed by atoms with van der Waals surface area (Å²) < 4.78 is 5.40. The minimum Gasteiger partial charge on any atom is -0.360 e. The number of imidazole rings is 1. The Hall–Kier alpha value is -2.11. The minimum atomic E-state index is 0.0184. The number of aromatic nitrogens is 3. The van der Waals surface area contributed by atoms with E-state index in [9.17, 15) is 4.79 Å². The van der Waals surface area contributed by atoms with E-state index in [2.05, 4.69) is 15.1 Å². The highest BCUT2D eigenvalue weighted by atomic mass is 16.5. The van der Waals surface area contributed by atoms with E-state index in [1.54, 1.807) is 0 Å². The van der Waals surface area contributed by atoms with Crippen LogP contribution in [0.25, 0.3) is 0 Å². The van der Waals surface area contributed by atoms with Gasteiger partial charge < -0.3 is 14.4 Å². The molecule has 2 aromatic rings. The van der Waals surface area contributed by atoms with Crippen molar-refractivity contribution in [1.82, 2.24) is 20.0 Å². The van der Waals surface area contributed by atoms with Gasteiger partial charge in [0.2, 0.25) is 0 Å². The SMILES string of the molecule is Cc1cnc(C2CCCN(C(=O)c3noc4c3CCCC4)C2)[nH]1. The summed E-state index contributed by atoms with van der Waals surface area (Å²) in [4.78, 5) is 22.5. The lowest BCUT2D eigenvalue weighted by Gasteiger charge is -2.31. The number of aryl methyl sites for hydroxylation is 2. The number of piperidine rings is 1. The van der Waals surface area contributed by atoms with Crippen LogP contribution in [-0.2, 0) is 12.8 Å². The van der Waals surface area contributed by atoms with E-state index in [0.29, 0.717) is 12.2 Å². The molecule has 0 radical (unpaired) electrons. The van der Waals surface area contributed by atoms with Crippen molar-refractivity contribution >= 4 is 5.91 Å². The summed E-state index contributed by atoms with van der Waals surface area (Å²) in [5.74, 6) is 2.20. The fourth-order valence-electron chi connectivity index (χ4n) is 3.73. The third-order valence-electron chi connectivity index (χ3n) is 4.97. The van der Waals surface area contributed by atoms with Gasteiger partial charge >= 0.3 is 0 Å². The third-order valence-corrected chi connectivity index (χ3v) is 4.97. The monoisotopic (exact) mass is 314 g/mol. The lowest BCUT2D eigenvalue weighted by Crippen LogP contribution is -2.40. The number of amides is 1. The molecule has 1 unspecified atom stereocenters.